The van der Waals surface area contributed by atoms with Crippen molar-refractivity contribution in [1.29, 1.82) is 0 Å². The van der Waals surface area contributed by atoms with E-state index in [1.165, 1.54) is 11.4 Å². The van der Waals surface area contributed by atoms with E-state index in [0.717, 1.165) is 37.7 Å². The molecule has 6 nitrogen and oxygen atoms in total. The van der Waals surface area contributed by atoms with Crippen LogP contribution in [0.3, 0.4) is 0 Å². The van der Waals surface area contributed by atoms with Crippen molar-refractivity contribution in [3.8, 4) is 5.69 Å². The number of aromatic nitrogens is 2. The van der Waals surface area contributed by atoms with E-state index in [4.69, 9.17) is 0 Å². The number of amides is 1. The van der Waals surface area contributed by atoms with Crippen molar-refractivity contribution in [2.75, 3.05) is 43.4 Å². The smallest absolute Gasteiger partial charge is 0.255 e. The number of carbonyl (C=O) groups is 1. The van der Waals surface area contributed by atoms with Crippen LogP contribution >= 0.6 is 0 Å². The van der Waals surface area contributed by atoms with Gasteiger partial charge in [-0.05, 0) is 69.4 Å². The number of aryl methyl sites for hydroxylation is 2. The summed E-state index contributed by atoms with van der Waals surface area (Å²) >= 11 is 0. The van der Waals surface area contributed by atoms with Crippen molar-refractivity contribution in [1.82, 2.24) is 14.5 Å². The van der Waals surface area contributed by atoms with Gasteiger partial charge in [-0.2, -0.15) is 0 Å². The third kappa shape index (κ3) is 4.17. The van der Waals surface area contributed by atoms with Gasteiger partial charge in [-0.1, -0.05) is 0 Å². The zero-order chi connectivity index (χ0) is 20.4. The standard InChI is InChI=1S/C23H27N5O/c1-17-4-5-18(2)28(17)21-9-6-19(7-10-21)23(29)25-20-8-11-22(24-16-20)27-14-12-26(3)13-15-27/h4-11,16H,12-15H2,1-3H3,(H,25,29). The van der Waals surface area contributed by atoms with Gasteiger partial charge in [-0.3, -0.25) is 4.79 Å². The Morgan fingerprint density at radius 2 is 1.55 bits per heavy atom. The molecule has 150 valence electrons. The van der Waals surface area contributed by atoms with Crippen LogP contribution in [0.25, 0.3) is 5.69 Å². The van der Waals surface area contributed by atoms with Gasteiger partial charge in [0.05, 0.1) is 11.9 Å². The molecule has 1 fully saturated rings. The topological polar surface area (TPSA) is 53.4 Å². The van der Waals surface area contributed by atoms with E-state index in [1.54, 1.807) is 6.20 Å². The van der Waals surface area contributed by atoms with Crippen LogP contribution in [-0.2, 0) is 0 Å². The van der Waals surface area contributed by atoms with E-state index < -0.39 is 0 Å². The molecule has 0 saturated carbocycles. The Morgan fingerprint density at radius 1 is 0.897 bits per heavy atom. The van der Waals surface area contributed by atoms with Crippen molar-refractivity contribution in [2.24, 2.45) is 0 Å². The molecule has 3 heterocycles. The average molecular weight is 390 g/mol. The molecule has 4 rings (SSSR count). The fraction of sp³-hybridized carbons (Fsp3) is 0.304. The first-order valence-corrected chi connectivity index (χ1v) is 9.97. The van der Waals surface area contributed by atoms with E-state index in [1.807, 2.05) is 36.4 Å². The van der Waals surface area contributed by atoms with E-state index in [-0.39, 0.29) is 5.91 Å². The lowest BCUT2D eigenvalue weighted by Gasteiger charge is -2.33. The molecule has 0 spiro atoms. The lowest BCUT2D eigenvalue weighted by molar-refractivity contribution is 0.102. The number of anilines is 2. The zero-order valence-corrected chi connectivity index (χ0v) is 17.2. The Labute approximate surface area is 171 Å². The van der Waals surface area contributed by atoms with Gasteiger partial charge in [-0.15, -0.1) is 0 Å². The summed E-state index contributed by atoms with van der Waals surface area (Å²) in [5.41, 5.74) is 4.73. The number of rotatable bonds is 4. The van der Waals surface area contributed by atoms with Gasteiger partial charge < -0.3 is 19.7 Å². The van der Waals surface area contributed by atoms with Gasteiger partial charge in [0.25, 0.3) is 5.91 Å². The van der Waals surface area contributed by atoms with Crippen LogP contribution in [0, 0.1) is 13.8 Å². The highest BCUT2D eigenvalue weighted by atomic mass is 16.1. The summed E-state index contributed by atoms with van der Waals surface area (Å²) in [7, 11) is 2.14. The van der Waals surface area contributed by atoms with E-state index in [9.17, 15) is 4.79 Å². The van der Waals surface area contributed by atoms with Gasteiger partial charge in [-0.25, -0.2) is 4.98 Å². The molecular weight excluding hydrogens is 362 g/mol. The molecule has 1 aliphatic rings. The number of nitrogens with zero attached hydrogens (tertiary/aromatic N) is 4. The summed E-state index contributed by atoms with van der Waals surface area (Å²) in [6, 6.07) is 15.7. The first-order valence-electron chi connectivity index (χ1n) is 9.97. The number of benzene rings is 1. The third-order valence-corrected chi connectivity index (χ3v) is 5.49. The summed E-state index contributed by atoms with van der Waals surface area (Å²) in [5.74, 6) is 0.824. The van der Waals surface area contributed by atoms with Gasteiger partial charge in [0.15, 0.2) is 0 Å². The quantitative estimate of drug-likeness (QED) is 0.742. The predicted molar refractivity (Wildman–Crippen MR) is 117 cm³/mol. The molecule has 6 heteroatoms. The van der Waals surface area contributed by atoms with Crippen molar-refractivity contribution in [3.63, 3.8) is 0 Å². The Hall–Kier alpha value is -3.12. The molecule has 1 saturated heterocycles. The van der Waals surface area contributed by atoms with Crippen LogP contribution in [0.2, 0.25) is 0 Å². The summed E-state index contributed by atoms with van der Waals surface area (Å²) in [5, 5.41) is 2.94. The minimum atomic E-state index is -0.133. The van der Waals surface area contributed by atoms with Gasteiger partial charge in [0, 0.05) is 48.8 Å². The minimum absolute atomic E-state index is 0.133. The van der Waals surface area contributed by atoms with E-state index in [2.05, 4.69) is 57.7 Å². The second-order valence-electron chi connectivity index (χ2n) is 7.65. The lowest BCUT2D eigenvalue weighted by Crippen LogP contribution is -2.44. The van der Waals surface area contributed by atoms with Crippen LogP contribution in [0.1, 0.15) is 21.7 Å². The molecule has 0 unspecified atom stereocenters. The second kappa shape index (κ2) is 8.09. The number of carbonyl (C=O) groups excluding carboxylic acids is 1. The van der Waals surface area contributed by atoms with Crippen LogP contribution in [-0.4, -0.2) is 53.6 Å². The Bertz CT molecular complexity index is 964. The molecule has 0 aliphatic carbocycles. The number of hydrogen-bond acceptors (Lipinski definition) is 4. The molecule has 1 aromatic carbocycles. The van der Waals surface area contributed by atoms with Crippen molar-refractivity contribution in [3.05, 3.63) is 71.7 Å². The van der Waals surface area contributed by atoms with Crippen molar-refractivity contribution >= 4 is 17.4 Å². The normalized spacial score (nSPS) is 14.8. The fourth-order valence-electron chi connectivity index (χ4n) is 3.72. The van der Waals surface area contributed by atoms with Gasteiger partial charge in [0.1, 0.15) is 5.82 Å². The molecule has 1 aliphatic heterocycles. The SMILES string of the molecule is Cc1ccc(C)n1-c1ccc(C(=O)Nc2ccc(N3CCN(C)CC3)nc2)cc1. The molecule has 0 radical (unpaired) electrons. The number of nitrogens with one attached hydrogen (secondary N) is 1. The summed E-state index contributed by atoms with van der Waals surface area (Å²) < 4.78 is 2.17. The number of hydrogen-bond donors (Lipinski definition) is 1. The van der Waals surface area contributed by atoms with Crippen molar-refractivity contribution < 1.29 is 4.79 Å². The highest BCUT2D eigenvalue weighted by molar-refractivity contribution is 6.04. The second-order valence-corrected chi connectivity index (χ2v) is 7.65. The zero-order valence-electron chi connectivity index (χ0n) is 17.2. The monoisotopic (exact) mass is 389 g/mol. The molecule has 29 heavy (non-hydrogen) atoms. The third-order valence-electron chi connectivity index (χ3n) is 5.49. The number of piperazine rings is 1. The lowest BCUT2D eigenvalue weighted by atomic mass is 10.2. The summed E-state index contributed by atoms with van der Waals surface area (Å²) in [6.07, 6.45) is 1.73. The Kier molecular flexibility index (Phi) is 5.36. The largest absolute Gasteiger partial charge is 0.354 e. The van der Waals surface area contributed by atoms with Crippen LogP contribution < -0.4 is 10.2 Å². The molecule has 0 bridgehead atoms. The minimum Gasteiger partial charge on any atom is -0.354 e. The highest BCUT2D eigenvalue weighted by Gasteiger charge is 2.15. The molecule has 2 aromatic heterocycles. The molecule has 0 atom stereocenters. The van der Waals surface area contributed by atoms with E-state index >= 15 is 0 Å². The first kappa shape index (κ1) is 19.2. The fourth-order valence-corrected chi connectivity index (χ4v) is 3.72. The predicted octanol–water partition coefficient (Wildman–Crippen LogP) is 3.49. The van der Waals surface area contributed by atoms with Gasteiger partial charge >= 0.3 is 0 Å². The maximum absolute atomic E-state index is 12.6. The first-order chi connectivity index (χ1) is 14.0. The van der Waals surface area contributed by atoms with E-state index in [0.29, 0.717) is 11.3 Å². The van der Waals surface area contributed by atoms with Crippen molar-refractivity contribution in [2.45, 2.75) is 13.8 Å². The molecule has 1 amide bonds. The number of pyridine rings is 1. The number of likely N-dealkylation sites (N-methyl/N-ethyl adjacent to an activating group) is 1. The molecular formula is C23H27N5O. The molecule has 1 N–H and O–H groups in total. The average Bonchev–Trinajstić information content (AvgIpc) is 3.07. The van der Waals surface area contributed by atoms with Crippen LogP contribution in [0.4, 0.5) is 11.5 Å². The highest BCUT2D eigenvalue weighted by Crippen LogP contribution is 2.19. The van der Waals surface area contributed by atoms with Crippen LogP contribution in [0.5, 0.6) is 0 Å². The maximum Gasteiger partial charge on any atom is 0.255 e. The summed E-state index contributed by atoms with van der Waals surface area (Å²) in [6.45, 7) is 8.18. The Balaban J connectivity index is 1.41. The maximum atomic E-state index is 12.6. The molecule has 3 aromatic rings. The Morgan fingerprint density at radius 3 is 2.14 bits per heavy atom. The summed E-state index contributed by atoms with van der Waals surface area (Å²) in [4.78, 5) is 21.7. The van der Waals surface area contributed by atoms with Gasteiger partial charge in [0.2, 0.25) is 0 Å². The van der Waals surface area contributed by atoms with Crippen LogP contribution in [0.15, 0.2) is 54.7 Å².